The number of nitrogens with zero attached hydrogens (tertiary/aromatic N) is 4. The molecular weight excluding hydrogens is 335 g/mol. The van der Waals surface area contributed by atoms with Gasteiger partial charge in [-0.2, -0.15) is 4.68 Å². The van der Waals surface area contributed by atoms with Crippen molar-refractivity contribution >= 4 is 23.2 Å². The van der Waals surface area contributed by atoms with Crippen LogP contribution in [-0.4, -0.2) is 20.2 Å². The molecule has 2 aromatic carbocycles. The molecule has 3 rings (SSSR count). The van der Waals surface area contributed by atoms with Crippen LogP contribution in [0.3, 0.4) is 0 Å². The van der Waals surface area contributed by atoms with Gasteiger partial charge in [-0.15, -0.1) is 5.10 Å². The van der Waals surface area contributed by atoms with E-state index < -0.39 is 0 Å². The smallest absolute Gasteiger partial charge is 0.194 e. The zero-order chi connectivity index (χ0) is 16.4. The van der Waals surface area contributed by atoms with Gasteiger partial charge in [0, 0.05) is 5.02 Å². The van der Waals surface area contributed by atoms with E-state index in [1.165, 1.54) is 5.56 Å². The number of rotatable bonds is 4. The van der Waals surface area contributed by atoms with E-state index in [0.29, 0.717) is 21.6 Å². The van der Waals surface area contributed by atoms with Crippen molar-refractivity contribution in [3.8, 4) is 11.4 Å². The molecule has 1 aromatic heterocycles. The molecule has 0 N–H and O–H groups in total. The molecule has 0 saturated carbocycles. The van der Waals surface area contributed by atoms with Crippen molar-refractivity contribution < 1.29 is 4.74 Å². The number of aromatic nitrogens is 4. The van der Waals surface area contributed by atoms with E-state index in [-0.39, 0.29) is 6.61 Å². The van der Waals surface area contributed by atoms with Crippen LogP contribution in [-0.2, 0) is 6.61 Å². The van der Waals surface area contributed by atoms with Gasteiger partial charge in [-0.3, -0.25) is 0 Å². The van der Waals surface area contributed by atoms with Crippen LogP contribution in [0.2, 0.25) is 10.0 Å². The molecule has 0 fully saturated rings. The number of ether oxygens (including phenoxy) is 1. The number of hydrogen-bond acceptors (Lipinski definition) is 4. The zero-order valence-electron chi connectivity index (χ0n) is 12.6. The third kappa shape index (κ3) is 3.46. The van der Waals surface area contributed by atoms with E-state index in [1.54, 1.807) is 22.9 Å². The number of halogens is 2. The van der Waals surface area contributed by atoms with E-state index in [0.717, 1.165) is 11.3 Å². The molecule has 3 aromatic rings. The first kappa shape index (κ1) is 15.8. The molecule has 7 heteroatoms. The Balaban J connectivity index is 1.84. The van der Waals surface area contributed by atoms with Crippen LogP contribution in [0.1, 0.15) is 17.0 Å². The van der Waals surface area contributed by atoms with Crippen molar-refractivity contribution in [2.75, 3.05) is 0 Å². The SMILES string of the molecule is Cc1ccc(-n2nnnc2COc2ccc(Cl)cc2Cl)c(C)c1. The summed E-state index contributed by atoms with van der Waals surface area (Å²) in [6, 6.07) is 11.2. The highest BCUT2D eigenvalue weighted by molar-refractivity contribution is 6.35. The molecule has 5 nitrogen and oxygen atoms in total. The Kier molecular flexibility index (Phi) is 4.50. The first-order chi connectivity index (χ1) is 11.0. The van der Waals surface area contributed by atoms with Crippen molar-refractivity contribution in [3.63, 3.8) is 0 Å². The zero-order valence-corrected chi connectivity index (χ0v) is 14.1. The van der Waals surface area contributed by atoms with Gasteiger partial charge in [-0.1, -0.05) is 40.9 Å². The summed E-state index contributed by atoms with van der Waals surface area (Å²) in [4.78, 5) is 0. The average Bonchev–Trinajstić information content (AvgIpc) is 2.94. The summed E-state index contributed by atoms with van der Waals surface area (Å²) in [7, 11) is 0. The van der Waals surface area contributed by atoms with Gasteiger partial charge in [-0.05, 0) is 54.1 Å². The molecule has 0 radical (unpaired) electrons. The van der Waals surface area contributed by atoms with E-state index >= 15 is 0 Å². The molecule has 23 heavy (non-hydrogen) atoms. The highest BCUT2D eigenvalue weighted by Crippen LogP contribution is 2.28. The number of aryl methyl sites for hydroxylation is 2. The molecule has 0 bridgehead atoms. The van der Waals surface area contributed by atoms with Crippen LogP contribution in [0.25, 0.3) is 5.69 Å². The Hall–Kier alpha value is -2.11. The van der Waals surface area contributed by atoms with Crippen molar-refractivity contribution in [1.82, 2.24) is 20.2 Å². The fourth-order valence-electron chi connectivity index (χ4n) is 2.26. The van der Waals surface area contributed by atoms with Gasteiger partial charge < -0.3 is 4.74 Å². The highest BCUT2D eigenvalue weighted by Gasteiger charge is 2.12. The standard InChI is InChI=1S/C16H14Cl2N4O/c1-10-3-5-14(11(2)7-10)22-16(19-20-21-22)9-23-15-6-4-12(17)8-13(15)18/h3-8H,9H2,1-2H3. The lowest BCUT2D eigenvalue weighted by molar-refractivity contribution is 0.292. The lowest BCUT2D eigenvalue weighted by Gasteiger charge is -2.10. The van der Waals surface area contributed by atoms with Gasteiger partial charge in [0.2, 0.25) is 0 Å². The van der Waals surface area contributed by atoms with Gasteiger partial charge >= 0.3 is 0 Å². The lowest BCUT2D eigenvalue weighted by atomic mass is 10.1. The van der Waals surface area contributed by atoms with Gasteiger partial charge in [-0.25, -0.2) is 0 Å². The maximum atomic E-state index is 6.10. The molecule has 0 atom stereocenters. The Morgan fingerprint density at radius 1 is 1.09 bits per heavy atom. The van der Waals surface area contributed by atoms with Gasteiger partial charge in [0.05, 0.1) is 10.7 Å². The second-order valence-electron chi connectivity index (χ2n) is 5.16. The van der Waals surface area contributed by atoms with Crippen LogP contribution in [0, 0.1) is 13.8 Å². The van der Waals surface area contributed by atoms with Crippen molar-refractivity contribution in [2.24, 2.45) is 0 Å². The summed E-state index contributed by atoms with van der Waals surface area (Å²) in [5.74, 6) is 1.12. The van der Waals surface area contributed by atoms with Crippen LogP contribution >= 0.6 is 23.2 Å². The average molecular weight is 349 g/mol. The van der Waals surface area contributed by atoms with E-state index in [9.17, 15) is 0 Å². The van der Waals surface area contributed by atoms with Gasteiger partial charge in [0.15, 0.2) is 5.82 Å². The Bertz CT molecular complexity index is 848. The van der Waals surface area contributed by atoms with Gasteiger partial charge in [0.1, 0.15) is 12.4 Å². The summed E-state index contributed by atoms with van der Waals surface area (Å²) < 4.78 is 7.37. The van der Waals surface area contributed by atoms with Gasteiger partial charge in [0.25, 0.3) is 0 Å². The quantitative estimate of drug-likeness (QED) is 0.710. The second-order valence-corrected chi connectivity index (χ2v) is 6.00. The third-order valence-electron chi connectivity index (χ3n) is 3.37. The minimum atomic E-state index is 0.196. The monoisotopic (exact) mass is 348 g/mol. The van der Waals surface area contributed by atoms with Crippen molar-refractivity contribution in [2.45, 2.75) is 20.5 Å². The predicted octanol–water partition coefficient (Wildman–Crippen LogP) is 4.16. The summed E-state index contributed by atoms with van der Waals surface area (Å²) in [6.45, 7) is 4.26. The Labute approximate surface area is 143 Å². The molecule has 0 spiro atoms. The summed E-state index contributed by atoms with van der Waals surface area (Å²) in [5.41, 5.74) is 3.19. The first-order valence-electron chi connectivity index (χ1n) is 6.97. The highest BCUT2D eigenvalue weighted by atomic mass is 35.5. The number of benzene rings is 2. The fourth-order valence-corrected chi connectivity index (χ4v) is 2.72. The maximum Gasteiger partial charge on any atom is 0.194 e. The molecule has 0 aliphatic carbocycles. The summed E-state index contributed by atoms with van der Waals surface area (Å²) in [5, 5.41) is 12.8. The largest absolute Gasteiger partial charge is 0.484 e. The predicted molar refractivity (Wildman–Crippen MR) is 89.4 cm³/mol. The second kappa shape index (κ2) is 6.56. The number of hydrogen-bond donors (Lipinski definition) is 0. The molecular formula is C16H14Cl2N4O. The molecule has 0 saturated heterocycles. The van der Waals surface area contributed by atoms with Crippen LogP contribution in [0.4, 0.5) is 0 Å². The van der Waals surface area contributed by atoms with Crippen LogP contribution < -0.4 is 4.74 Å². The molecule has 118 valence electrons. The van der Waals surface area contributed by atoms with Crippen LogP contribution in [0.5, 0.6) is 5.75 Å². The molecule has 0 unspecified atom stereocenters. The Morgan fingerprint density at radius 2 is 1.91 bits per heavy atom. The maximum absolute atomic E-state index is 6.10. The fraction of sp³-hybridized carbons (Fsp3) is 0.188. The summed E-state index contributed by atoms with van der Waals surface area (Å²) in [6.07, 6.45) is 0. The third-order valence-corrected chi connectivity index (χ3v) is 3.90. The lowest BCUT2D eigenvalue weighted by Crippen LogP contribution is -2.08. The molecule has 0 aliphatic heterocycles. The topological polar surface area (TPSA) is 52.8 Å². The normalized spacial score (nSPS) is 10.8. The van der Waals surface area contributed by atoms with Crippen LogP contribution in [0.15, 0.2) is 36.4 Å². The molecule has 0 amide bonds. The van der Waals surface area contributed by atoms with E-state index in [2.05, 4.69) is 21.6 Å². The first-order valence-corrected chi connectivity index (χ1v) is 7.73. The van der Waals surface area contributed by atoms with E-state index in [4.69, 9.17) is 27.9 Å². The van der Waals surface area contributed by atoms with E-state index in [1.807, 2.05) is 26.0 Å². The summed E-state index contributed by atoms with van der Waals surface area (Å²) >= 11 is 12.0. The van der Waals surface area contributed by atoms with Crippen molar-refractivity contribution in [1.29, 1.82) is 0 Å². The molecule has 0 aliphatic rings. The molecule has 1 heterocycles. The van der Waals surface area contributed by atoms with Crippen molar-refractivity contribution in [3.05, 3.63) is 63.4 Å². The Morgan fingerprint density at radius 3 is 2.65 bits per heavy atom. The minimum Gasteiger partial charge on any atom is -0.484 e. The minimum absolute atomic E-state index is 0.196. The number of tetrazole rings is 1.